The van der Waals surface area contributed by atoms with Crippen molar-refractivity contribution in [1.82, 2.24) is 4.90 Å². The summed E-state index contributed by atoms with van der Waals surface area (Å²) in [6.07, 6.45) is 2.63. The Bertz CT molecular complexity index is 1460. The van der Waals surface area contributed by atoms with Gasteiger partial charge in [-0.05, 0) is 28.3 Å². The van der Waals surface area contributed by atoms with Crippen LogP contribution in [-0.2, 0) is 50.2 Å². The molecular weight excluding hydrogens is 550 g/mol. The highest BCUT2D eigenvalue weighted by Gasteiger charge is 2.52. The maximum absolute atomic E-state index is 12.8. The third-order valence-corrected chi connectivity index (χ3v) is 8.27. The van der Waals surface area contributed by atoms with E-state index in [9.17, 15) is 4.79 Å². The van der Waals surface area contributed by atoms with Crippen molar-refractivity contribution in [3.63, 3.8) is 0 Å². The molecular formula is C38H39NO5. The second-order valence-corrected chi connectivity index (χ2v) is 11.4. The van der Waals surface area contributed by atoms with Crippen molar-refractivity contribution in [3.8, 4) is 0 Å². The first-order valence-electron chi connectivity index (χ1n) is 15.3. The van der Waals surface area contributed by atoms with Crippen LogP contribution in [0, 0.1) is 0 Å². The molecule has 2 aliphatic rings. The zero-order valence-corrected chi connectivity index (χ0v) is 24.8. The minimum absolute atomic E-state index is 0.0778. The van der Waals surface area contributed by atoms with Gasteiger partial charge in [0.1, 0.15) is 18.3 Å². The fraction of sp³-hybridized carbons (Fsp3) is 0.289. The first-order valence-corrected chi connectivity index (χ1v) is 15.3. The predicted molar refractivity (Wildman–Crippen MR) is 169 cm³/mol. The number of rotatable bonds is 13. The number of benzene rings is 4. The lowest BCUT2D eigenvalue weighted by Crippen LogP contribution is -2.68. The van der Waals surface area contributed by atoms with Gasteiger partial charge in [0.25, 0.3) is 0 Å². The molecule has 6 rings (SSSR count). The average molecular weight is 590 g/mol. The summed E-state index contributed by atoms with van der Waals surface area (Å²) in [5.74, 6) is 0.0778. The minimum atomic E-state index is -0.450. The average Bonchev–Trinajstić information content (AvgIpc) is 3.08. The lowest BCUT2D eigenvalue weighted by Gasteiger charge is -2.53. The summed E-state index contributed by atoms with van der Waals surface area (Å²) in [5, 5.41) is 0. The van der Waals surface area contributed by atoms with E-state index in [4.69, 9.17) is 18.9 Å². The number of piperidine rings is 1. The summed E-state index contributed by atoms with van der Waals surface area (Å²) in [4.78, 5) is 15.1. The summed E-state index contributed by atoms with van der Waals surface area (Å²) in [7, 11) is 0. The van der Waals surface area contributed by atoms with E-state index in [1.807, 2.05) is 79.0 Å². The number of carbonyl (C=O) groups is 1. The monoisotopic (exact) mass is 589 g/mol. The minimum Gasteiger partial charge on any atom is -0.375 e. The predicted octanol–water partition coefficient (Wildman–Crippen LogP) is 6.50. The van der Waals surface area contributed by atoms with Crippen molar-refractivity contribution >= 4 is 5.78 Å². The summed E-state index contributed by atoms with van der Waals surface area (Å²) in [6.45, 7) is 2.10. The normalized spacial score (nSPS) is 23.0. The van der Waals surface area contributed by atoms with E-state index in [0.717, 1.165) is 22.3 Å². The lowest BCUT2D eigenvalue weighted by atomic mass is 9.83. The number of hydrogen-bond acceptors (Lipinski definition) is 6. The van der Waals surface area contributed by atoms with Crippen LogP contribution in [0.5, 0.6) is 0 Å². The molecule has 0 amide bonds. The molecule has 0 radical (unpaired) electrons. The molecule has 4 aromatic carbocycles. The molecule has 2 heterocycles. The summed E-state index contributed by atoms with van der Waals surface area (Å²) in [6, 6.07) is 40.2. The molecule has 0 spiro atoms. The van der Waals surface area contributed by atoms with Gasteiger partial charge in [-0.3, -0.25) is 4.79 Å². The Hall–Kier alpha value is -4.07. The van der Waals surface area contributed by atoms with Crippen molar-refractivity contribution in [2.24, 2.45) is 0 Å². The number of ketones is 1. The maximum atomic E-state index is 12.8. The van der Waals surface area contributed by atoms with Gasteiger partial charge >= 0.3 is 0 Å². The molecule has 44 heavy (non-hydrogen) atoms. The molecule has 0 unspecified atom stereocenters. The summed E-state index contributed by atoms with van der Waals surface area (Å²) in [5.41, 5.74) is 4.31. The molecule has 0 N–H and O–H groups in total. The van der Waals surface area contributed by atoms with E-state index < -0.39 is 18.3 Å². The van der Waals surface area contributed by atoms with Crippen LogP contribution < -0.4 is 0 Å². The Balaban J connectivity index is 1.32. The number of allylic oxidation sites excluding steroid dienone is 1. The Morgan fingerprint density at radius 1 is 0.545 bits per heavy atom. The second kappa shape index (κ2) is 15.1. The molecule has 6 heteroatoms. The Kier molecular flexibility index (Phi) is 10.3. The van der Waals surface area contributed by atoms with Gasteiger partial charge in [0.15, 0.2) is 5.78 Å². The number of carbonyl (C=O) groups excluding carboxylic acids is 1. The third-order valence-electron chi connectivity index (χ3n) is 8.27. The van der Waals surface area contributed by atoms with Gasteiger partial charge < -0.3 is 23.8 Å². The molecule has 1 saturated heterocycles. The number of hydrogen-bond donors (Lipinski definition) is 0. The maximum Gasteiger partial charge on any atom is 0.159 e. The standard InChI is InChI=1S/C38H39NO5/c40-33-21-22-39-34(23-33)36(42-25-30-15-7-2-8-16-30)38(44-27-32-19-11-4-12-20-32)37(43-26-31-17-9-3-10-18-31)35(39)28-41-24-29-13-5-1-6-14-29/h1-22,34-38H,23-28H2/t34-,35+,36-,37+,38+/m0/s1. The van der Waals surface area contributed by atoms with Crippen LogP contribution in [-0.4, -0.2) is 47.7 Å². The highest BCUT2D eigenvalue weighted by atomic mass is 16.6. The smallest absolute Gasteiger partial charge is 0.159 e. The van der Waals surface area contributed by atoms with Gasteiger partial charge in [0, 0.05) is 12.6 Å². The van der Waals surface area contributed by atoms with Gasteiger partial charge in [0.2, 0.25) is 0 Å². The van der Waals surface area contributed by atoms with Gasteiger partial charge in [-0.15, -0.1) is 0 Å². The van der Waals surface area contributed by atoms with E-state index >= 15 is 0 Å². The Morgan fingerprint density at radius 2 is 0.977 bits per heavy atom. The van der Waals surface area contributed by atoms with Crippen molar-refractivity contribution in [2.45, 2.75) is 63.2 Å². The van der Waals surface area contributed by atoms with E-state index in [2.05, 4.69) is 53.4 Å². The molecule has 0 aromatic heterocycles. The van der Waals surface area contributed by atoms with Crippen molar-refractivity contribution < 1.29 is 23.7 Å². The molecule has 5 atom stereocenters. The molecule has 6 nitrogen and oxygen atoms in total. The largest absolute Gasteiger partial charge is 0.375 e. The van der Waals surface area contributed by atoms with Gasteiger partial charge in [-0.2, -0.15) is 0 Å². The van der Waals surface area contributed by atoms with Crippen molar-refractivity contribution in [3.05, 3.63) is 156 Å². The molecule has 1 fully saturated rings. The molecule has 0 aliphatic carbocycles. The Labute approximate surface area is 259 Å². The fourth-order valence-corrected chi connectivity index (χ4v) is 6.05. The SMILES string of the molecule is O=C1C=CN2[C@H](COCc3ccccc3)[C@@H](OCc3ccccc3)[C@H](OCc3ccccc3)[C@@H](OCc3ccccc3)[C@@H]2C1. The number of fused-ring (bicyclic) bond motifs is 1. The highest BCUT2D eigenvalue weighted by Crippen LogP contribution is 2.36. The zero-order chi connectivity index (χ0) is 30.0. The van der Waals surface area contributed by atoms with Gasteiger partial charge in [-0.1, -0.05) is 121 Å². The summed E-state index contributed by atoms with van der Waals surface area (Å²) < 4.78 is 26.7. The van der Waals surface area contributed by atoms with Crippen LogP contribution >= 0.6 is 0 Å². The van der Waals surface area contributed by atoms with Crippen molar-refractivity contribution in [1.29, 1.82) is 0 Å². The van der Waals surface area contributed by atoms with E-state index in [1.54, 1.807) is 6.08 Å². The molecule has 226 valence electrons. The lowest BCUT2D eigenvalue weighted by molar-refractivity contribution is -0.222. The fourth-order valence-electron chi connectivity index (χ4n) is 6.05. The Morgan fingerprint density at radius 3 is 1.48 bits per heavy atom. The van der Waals surface area contributed by atoms with Crippen LogP contribution in [0.3, 0.4) is 0 Å². The van der Waals surface area contributed by atoms with Gasteiger partial charge in [-0.25, -0.2) is 0 Å². The van der Waals surface area contributed by atoms with Crippen LogP contribution in [0.4, 0.5) is 0 Å². The third kappa shape index (κ3) is 7.71. The first kappa shape index (κ1) is 30.0. The number of nitrogens with zero attached hydrogens (tertiary/aromatic N) is 1. The topological polar surface area (TPSA) is 57.2 Å². The highest BCUT2D eigenvalue weighted by molar-refractivity contribution is 5.91. The molecule has 2 aliphatic heterocycles. The summed E-state index contributed by atoms with van der Waals surface area (Å²) >= 11 is 0. The van der Waals surface area contributed by atoms with Crippen LogP contribution in [0.25, 0.3) is 0 Å². The number of ether oxygens (including phenoxy) is 4. The quantitative estimate of drug-likeness (QED) is 0.178. The van der Waals surface area contributed by atoms with E-state index in [0.29, 0.717) is 39.5 Å². The molecule has 0 bridgehead atoms. The molecule has 4 aromatic rings. The molecule has 0 saturated carbocycles. The zero-order valence-electron chi connectivity index (χ0n) is 24.8. The van der Waals surface area contributed by atoms with E-state index in [-0.39, 0.29) is 17.9 Å². The first-order chi connectivity index (χ1) is 21.7. The van der Waals surface area contributed by atoms with Crippen LogP contribution in [0.15, 0.2) is 134 Å². The van der Waals surface area contributed by atoms with Crippen molar-refractivity contribution in [2.75, 3.05) is 6.61 Å². The van der Waals surface area contributed by atoms with Crippen LogP contribution in [0.1, 0.15) is 28.7 Å². The van der Waals surface area contributed by atoms with E-state index in [1.165, 1.54) is 0 Å². The van der Waals surface area contributed by atoms with Crippen LogP contribution in [0.2, 0.25) is 0 Å². The van der Waals surface area contributed by atoms with Gasteiger partial charge in [0.05, 0.1) is 45.1 Å². The second-order valence-electron chi connectivity index (χ2n) is 11.4.